The second-order valence-electron chi connectivity index (χ2n) is 3.51. The molecule has 0 atom stereocenters. The summed E-state index contributed by atoms with van der Waals surface area (Å²) in [6, 6.07) is 8.31. The number of nitrogens with zero attached hydrogens (tertiary/aromatic N) is 2. The van der Waals surface area contributed by atoms with Gasteiger partial charge in [-0.05, 0) is 12.1 Å². The van der Waals surface area contributed by atoms with Crippen molar-refractivity contribution in [1.29, 1.82) is 0 Å². The van der Waals surface area contributed by atoms with Crippen LogP contribution in [0.15, 0.2) is 42.6 Å². The van der Waals surface area contributed by atoms with Gasteiger partial charge in [-0.2, -0.15) is 0 Å². The minimum atomic E-state index is -1.15. The van der Waals surface area contributed by atoms with Crippen LogP contribution in [0.5, 0.6) is 11.6 Å². The van der Waals surface area contributed by atoms with Gasteiger partial charge in [0.2, 0.25) is 5.88 Å². The molecule has 7 heteroatoms. The van der Waals surface area contributed by atoms with Crippen LogP contribution in [0, 0.1) is 10.1 Å². The van der Waals surface area contributed by atoms with Crippen molar-refractivity contribution >= 4 is 11.7 Å². The second kappa shape index (κ2) is 5.13. The maximum Gasteiger partial charge on any atom is 0.339 e. The second-order valence-corrected chi connectivity index (χ2v) is 3.51. The van der Waals surface area contributed by atoms with Gasteiger partial charge < -0.3 is 9.84 Å². The molecule has 0 saturated heterocycles. The third kappa shape index (κ3) is 2.83. The third-order valence-corrected chi connectivity index (χ3v) is 2.26. The summed E-state index contributed by atoms with van der Waals surface area (Å²) in [5.41, 5.74) is -0.228. The summed E-state index contributed by atoms with van der Waals surface area (Å²) in [7, 11) is 0. The van der Waals surface area contributed by atoms with E-state index in [1.165, 1.54) is 24.4 Å². The third-order valence-electron chi connectivity index (χ3n) is 2.26. The fraction of sp³-hybridized carbons (Fsp3) is 0. The predicted octanol–water partition coefficient (Wildman–Crippen LogP) is 2.48. The van der Waals surface area contributed by atoms with Crippen molar-refractivity contribution in [2.45, 2.75) is 0 Å². The fourth-order valence-corrected chi connectivity index (χ4v) is 1.41. The number of para-hydroxylation sites is 1. The van der Waals surface area contributed by atoms with Crippen molar-refractivity contribution in [1.82, 2.24) is 4.98 Å². The summed E-state index contributed by atoms with van der Waals surface area (Å²) in [4.78, 5) is 24.8. The summed E-state index contributed by atoms with van der Waals surface area (Å²) < 4.78 is 5.27. The molecule has 0 aliphatic heterocycles. The molecule has 96 valence electrons. The highest BCUT2D eigenvalue weighted by molar-refractivity contribution is 5.90. The first-order chi connectivity index (χ1) is 9.08. The summed E-state index contributed by atoms with van der Waals surface area (Å²) in [5, 5.41) is 19.6. The van der Waals surface area contributed by atoms with Crippen LogP contribution in [-0.2, 0) is 0 Å². The number of hydrogen-bond donors (Lipinski definition) is 1. The zero-order chi connectivity index (χ0) is 13.8. The smallest absolute Gasteiger partial charge is 0.339 e. The molecule has 0 radical (unpaired) electrons. The number of carbonyl (C=O) groups is 1. The molecule has 0 aliphatic rings. The predicted molar refractivity (Wildman–Crippen MR) is 64.4 cm³/mol. The van der Waals surface area contributed by atoms with Crippen molar-refractivity contribution in [2.75, 3.05) is 0 Å². The molecule has 0 aliphatic carbocycles. The van der Waals surface area contributed by atoms with Crippen molar-refractivity contribution in [3.63, 3.8) is 0 Å². The molecule has 0 spiro atoms. The Morgan fingerprint density at radius 1 is 1.32 bits per heavy atom. The number of aromatic nitrogens is 1. The molecule has 2 aromatic rings. The number of aromatic carboxylic acids is 1. The molecule has 0 fully saturated rings. The van der Waals surface area contributed by atoms with E-state index in [-0.39, 0.29) is 22.9 Å². The van der Waals surface area contributed by atoms with E-state index in [1.807, 2.05) is 0 Å². The van der Waals surface area contributed by atoms with Crippen molar-refractivity contribution in [3.8, 4) is 11.6 Å². The lowest BCUT2D eigenvalue weighted by Gasteiger charge is -2.06. The Morgan fingerprint density at radius 3 is 2.74 bits per heavy atom. The highest BCUT2D eigenvalue weighted by atomic mass is 16.6. The number of carboxylic acid groups (broad SMARTS) is 1. The van der Waals surface area contributed by atoms with Crippen LogP contribution in [0.1, 0.15) is 10.4 Å². The van der Waals surface area contributed by atoms with Gasteiger partial charge in [-0.15, -0.1) is 0 Å². The quantitative estimate of drug-likeness (QED) is 0.669. The minimum absolute atomic E-state index is 0.0390. The summed E-state index contributed by atoms with van der Waals surface area (Å²) >= 11 is 0. The first-order valence-electron chi connectivity index (χ1n) is 5.18. The average molecular weight is 260 g/mol. The molecule has 1 heterocycles. The van der Waals surface area contributed by atoms with Crippen molar-refractivity contribution in [3.05, 3.63) is 58.3 Å². The summed E-state index contributed by atoms with van der Waals surface area (Å²) in [6.45, 7) is 0. The molecule has 19 heavy (non-hydrogen) atoms. The van der Waals surface area contributed by atoms with Gasteiger partial charge in [0.05, 0.1) is 11.0 Å². The van der Waals surface area contributed by atoms with Crippen LogP contribution in [0.25, 0.3) is 0 Å². The lowest BCUT2D eigenvalue weighted by Crippen LogP contribution is -2.00. The summed E-state index contributed by atoms with van der Waals surface area (Å²) in [6.07, 6.45) is 1.22. The number of pyridine rings is 1. The molecule has 1 aromatic heterocycles. The van der Waals surface area contributed by atoms with Crippen molar-refractivity contribution in [2.24, 2.45) is 0 Å². The van der Waals surface area contributed by atoms with Gasteiger partial charge in [0, 0.05) is 12.3 Å². The molecular weight excluding hydrogens is 252 g/mol. The van der Waals surface area contributed by atoms with Gasteiger partial charge in [0.1, 0.15) is 11.3 Å². The molecule has 0 bridgehead atoms. The van der Waals surface area contributed by atoms with Crippen LogP contribution in [0.2, 0.25) is 0 Å². The van der Waals surface area contributed by atoms with E-state index in [9.17, 15) is 14.9 Å². The number of hydrogen-bond acceptors (Lipinski definition) is 5. The Bertz CT molecular complexity index is 642. The van der Waals surface area contributed by atoms with Gasteiger partial charge in [-0.1, -0.05) is 12.1 Å². The van der Waals surface area contributed by atoms with E-state index in [2.05, 4.69) is 4.98 Å². The van der Waals surface area contributed by atoms with E-state index in [4.69, 9.17) is 9.84 Å². The SMILES string of the molecule is O=C(O)c1ccccc1Oc1cc([N+](=O)[O-])ccn1. The first kappa shape index (κ1) is 12.5. The number of rotatable bonds is 4. The zero-order valence-corrected chi connectivity index (χ0v) is 9.52. The van der Waals surface area contributed by atoms with Crippen LogP contribution >= 0.6 is 0 Å². The minimum Gasteiger partial charge on any atom is -0.478 e. The summed E-state index contributed by atoms with van der Waals surface area (Å²) in [5.74, 6) is -1.12. The lowest BCUT2D eigenvalue weighted by molar-refractivity contribution is -0.385. The van der Waals surface area contributed by atoms with Crippen LogP contribution in [0.4, 0.5) is 5.69 Å². The number of carboxylic acids is 1. The Kier molecular flexibility index (Phi) is 3.37. The van der Waals surface area contributed by atoms with Gasteiger partial charge in [-0.3, -0.25) is 10.1 Å². The fourth-order valence-electron chi connectivity index (χ4n) is 1.41. The van der Waals surface area contributed by atoms with Crippen LogP contribution in [0.3, 0.4) is 0 Å². The normalized spacial score (nSPS) is 9.89. The Hall–Kier alpha value is -2.96. The van der Waals surface area contributed by atoms with E-state index in [1.54, 1.807) is 12.1 Å². The maximum atomic E-state index is 11.0. The zero-order valence-electron chi connectivity index (χ0n) is 9.52. The highest BCUT2D eigenvalue weighted by Gasteiger charge is 2.13. The molecule has 1 N–H and O–H groups in total. The molecule has 0 unspecified atom stereocenters. The largest absolute Gasteiger partial charge is 0.478 e. The standard InChI is InChI=1S/C12H8N2O5/c15-12(16)9-3-1-2-4-10(9)19-11-7-8(14(17)18)5-6-13-11/h1-7H,(H,15,16). The van der Waals surface area contributed by atoms with E-state index in [0.717, 1.165) is 6.07 Å². The molecule has 7 nitrogen and oxygen atoms in total. The van der Waals surface area contributed by atoms with Gasteiger partial charge in [0.25, 0.3) is 5.69 Å². The molecule has 0 saturated carbocycles. The average Bonchev–Trinajstić information content (AvgIpc) is 2.39. The number of benzene rings is 1. The van der Waals surface area contributed by atoms with Crippen LogP contribution < -0.4 is 4.74 Å². The van der Waals surface area contributed by atoms with E-state index >= 15 is 0 Å². The lowest BCUT2D eigenvalue weighted by atomic mass is 10.2. The first-order valence-corrected chi connectivity index (χ1v) is 5.18. The van der Waals surface area contributed by atoms with Crippen molar-refractivity contribution < 1.29 is 19.6 Å². The Morgan fingerprint density at radius 2 is 2.05 bits per heavy atom. The molecular formula is C12H8N2O5. The maximum absolute atomic E-state index is 11.0. The molecule has 1 aromatic carbocycles. The van der Waals surface area contributed by atoms with Gasteiger partial charge in [0.15, 0.2) is 0 Å². The Balaban J connectivity index is 2.34. The molecule has 2 rings (SSSR count). The number of nitro groups is 1. The van der Waals surface area contributed by atoms with Crippen LogP contribution in [-0.4, -0.2) is 21.0 Å². The van der Waals surface area contributed by atoms with Gasteiger partial charge >= 0.3 is 5.97 Å². The highest BCUT2D eigenvalue weighted by Crippen LogP contribution is 2.25. The van der Waals surface area contributed by atoms with E-state index in [0.29, 0.717) is 0 Å². The van der Waals surface area contributed by atoms with Gasteiger partial charge in [-0.25, -0.2) is 9.78 Å². The Labute approximate surface area is 107 Å². The topological polar surface area (TPSA) is 103 Å². The number of ether oxygens (including phenoxy) is 1. The monoisotopic (exact) mass is 260 g/mol. The molecule has 0 amide bonds. The van der Waals surface area contributed by atoms with E-state index < -0.39 is 10.9 Å².